The van der Waals surface area contributed by atoms with Crippen molar-refractivity contribution >= 4 is 19.6 Å². The van der Waals surface area contributed by atoms with Gasteiger partial charge in [0.1, 0.15) is 12.2 Å². The van der Waals surface area contributed by atoms with Crippen LogP contribution >= 0.6 is 7.82 Å². The van der Waals surface area contributed by atoms with Gasteiger partial charge in [0.05, 0.1) is 19.8 Å². The van der Waals surface area contributed by atoms with Crippen molar-refractivity contribution in [3.05, 3.63) is 0 Å². The molecule has 0 aromatic heterocycles. The molecule has 0 bridgehead atoms. The molecule has 0 spiro atoms. The average Bonchev–Trinajstić information content (AvgIpc) is 3.15. The molecule has 332 valence electrons. The molecule has 2 unspecified atom stereocenters. The molecule has 0 fully saturated rings. The second kappa shape index (κ2) is 45.7. The normalized spacial score (nSPS) is 12.4. The van der Waals surface area contributed by atoms with E-state index in [1.54, 1.807) is 0 Å². The van der Waals surface area contributed by atoms with E-state index in [0.29, 0.717) is 0 Å². The lowest BCUT2D eigenvalue weighted by molar-refractivity contribution is -0.163. The van der Waals surface area contributed by atoms with Gasteiger partial charge in [-0.15, -0.1) is 0 Å². The van der Waals surface area contributed by atoms with Crippen LogP contribution in [0.4, 0.5) is 0 Å². The SMILES string of the molecule is CCCCCCCCCCCCCCCCCC(=O)OC(C(=O)CCCCCCCCCCCCCCCCC)C(O)CO.O=P(O)(O)O.OCC(O)CO. The van der Waals surface area contributed by atoms with Crippen LogP contribution in [0.3, 0.4) is 0 Å². The standard InChI is InChI=1S/C39H76O5.C3H8O3.H3O4P/c1-3-5-7-9-11-13-15-17-19-21-23-25-27-29-31-33-36(41)39(37(42)35-40)44-38(43)34-32-30-28-26-24-22-20-18-16-14-12-10-8-6-4-2;4-1-3(6)2-5;1-5(2,3)4/h37,39-40,42H,3-35H2,1-2H3;3-6H,1-2H2;(H3,1,2,3,4). The molecular formula is C42H87O12P. The van der Waals surface area contributed by atoms with Crippen molar-refractivity contribution in [2.24, 2.45) is 0 Å². The summed E-state index contributed by atoms with van der Waals surface area (Å²) in [7, 11) is -4.64. The third-order valence-electron chi connectivity index (χ3n) is 9.54. The van der Waals surface area contributed by atoms with E-state index < -0.39 is 38.7 Å². The topological polar surface area (TPSA) is 222 Å². The van der Waals surface area contributed by atoms with Crippen molar-refractivity contribution in [3.63, 3.8) is 0 Å². The summed E-state index contributed by atoms with van der Waals surface area (Å²) < 4.78 is 14.2. The number of Topliss-reactive ketones (excluding diaryl/α,β-unsaturated/α-hetero) is 1. The molecule has 0 heterocycles. The van der Waals surface area contributed by atoms with Gasteiger partial charge in [-0.1, -0.05) is 194 Å². The number of carbonyl (C=O) groups is 2. The summed E-state index contributed by atoms with van der Waals surface area (Å²) in [5.74, 6) is -0.715. The third-order valence-corrected chi connectivity index (χ3v) is 9.54. The van der Waals surface area contributed by atoms with Crippen LogP contribution in [0, 0.1) is 0 Å². The number of aliphatic hydroxyl groups is 5. The van der Waals surface area contributed by atoms with Crippen LogP contribution in [0.25, 0.3) is 0 Å². The molecule has 0 aromatic rings. The fourth-order valence-electron chi connectivity index (χ4n) is 6.17. The van der Waals surface area contributed by atoms with E-state index in [2.05, 4.69) is 13.8 Å². The molecule has 0 aliphatic carbocycles. The van der Waals surface area contributed by atoms with Crippen LogP contribution in [0.1, 0.15) is 219 Å². The van der Waals surface area contributed by atoms with Crippen molar-refractivity contribution in [1.82, 2.24) is 0 Å². The van der Waals surface area contributed by atoms with E-state index in [1.807, 2.05) is 0 Å². The van der Waals surface area contributed by atoms with Gasteiger partial charge in [-0.25, -0.2) is 4.57 Å². The number of unbranched alkanes of at least 4 members (excludes halogenated alkanes) is 28. The Hall–Kier alpha value is -0.950. The minimum atomic E-state index is -4.64. The quantitative estimate of drug-likeness (QED) is 0.0167. The van der Waals surface area contributed by atoms with Gasteiger partial charge in [-0.2, -0.15) is 0 Å². The lowest BCUT2D eigenvalue weighted by Crippen LogP contribution is -2.40. The molecule has 0 radical (unpaired) electrons. The maximum atomic E-state index is 12.7. The van der Waals surface area contributed by atoms with Gasteiger partial charge in [-0.05, 0) is 12.8 Å². The zero-order valence-corrected chi connectivity index (χ0v) is 36.0. The fourth-order valence-corrected chi connectivity index (χ4v) is 6.17. The Balaban J connectivity index is -0.00000213. The third kappa shape index (κ3) is 53.1. The van der Waals surface area contributed by atoms with E-state index in [4.69, 9.17) is 39.3 Å². The van der Waals surface area contributed by atoms with Crippen molar-refractivity contribution < 1.29 is 59.1 Å². The van der Waals surface area contributed by atoms with Crippen LogP contribution in [0.5, 0.6) is 0 Å². The molecule has 0 saturated heterocycles. The number of esters is 1. The van der Waals surface area contributed by atoms with Crippen molar-refractivity contribution in [1.29, 1.82) is 0 Å². The van der Waals surface area contributed by atoms with Crippen LogP contribution in [0.15, 0.2) is 0 Å². The van der Waals surface area contributed by atoms with Gasteiger partial charge in [0.15, 0.2) is 11.9 Å². The molecule has 55 heavy (non-hydrogen) atoms. The second-order valence-corrected chi connectivity index (χ2v) is 16.1. The molecule has 0 aliphatic rings. The summed E-state index contributed by atoms with van der Waals surface area (Å²) in [5.41, 5.74) is 0. The average molecular weight is 815 g/mol. The van der Waals surface area contributed by atoms with Crippen LogP contribution < -0.4 is 0 Å². The Morgan fingerprint density at radius 1 is 0.455 bits per heavy atom. The Bertz CT molecular complexity index is 829. The number of hydrogen-bond acceptors (Lipinski definition) is 9. The number of aliphatic hydroxyl groups excluding tert-OH is 5. The Morgan fingerprint density at radius 2 is 0.709 bits per heavy atom. The molecule has 0 aliphatic heterocycles. The molecule has 0 amide bonds. The molecule has 0 saturated carbocycles. The lowest BCUT2D eigenvalue weighted by atomic mass is 10.0. The van der Waals surface area contributed by atoms with Crippen LogP contribution in [-0.2, 0) is 18.9 Å². The Labute approximate surface area is 335 Å². The van der Waals surface area contributed by atoms with Gasteiger partial charge in [0.2, 0.25) is 0 Å². The zero-order valence-electron chi connectivity index (χ0n) is 35.1. The molecular weight excluding hydrogens is 727 g/mol. The largest absolute Gasteiger partial charge is 0.466 e. The predicted octanol–water partition coefficient (Wildman–Crippen LogP) is 8.75. The van der Waals surface area contributed by atoms with E-state index in [1.165, 1.54) is 154 Å². The first-order valence-corrected chi connectivity index (χ1v) is 23.6. The molecule has 12 nitrogen and oxygen atoms in total. The van der Waals surface area contributed by atoms with E-state index in [0.717, 1.165) is 38.5 Å². The number of phosphoric acid groups is 1. The highest BCUT2D eigenvalue weighted by atomic mass is 31.2. The molecule has 2 atom stereocenters. The predicted molar refractivity (Wildman–Crippen MR) is 222 cm³/mol. The Morgan fingerprint density at radius 3 is 0.945 bits per heavy atom. The highest BCUT2D eigenvalue weighted by Gasteiger charge is 2.29. The van der Waals surface area contributed by atoms with Crippen molar-refractivity contribution in [2.75, 3.05) is 19.8 Å². The Kier molecular flexibility index (Phi) is 48.5. The van der Waals surface area contributed by atoms with Gasteiger partial charge in [-0.3, -0.25) is 9.59 Å². The first-order chi connectivity index (χ1) is 26.4. The maximum Gasteiger partial charge on any atom is 0.466 e. The van der Waals surface area contributed by atoms with Crippen LogP contribution in [-0.4, -0.2) is 90.1 Å². The number of carbonyl (C=O) groups excluding carboxylic acids is 2. The van der Waals surface area contributed by atoms with Crippen molar-refractivity contribution in [3.8, 4) is 0 Å². The minimum absolute atomic E-state index is 0.263. The number of ketones is 1. The van der Waals surface area contributed by atoms with Crippen molar-refractivity contribution in [2.45, 2.75) is 238 Å². The van der Waals surface area contributed by atoms with E-state index in [9.17, 15) is 19.8 Å². The summed E-state index contributed by atoms with van der Waals surface area (Å²) in [5, 5.41) is 43.5. The number of rotatable bonds is 38. The highest BCUT2D eigenvalue weighted by Crippen LogP contribution is 2.26. The summed E-state index contributed by atoms with van der Waals surface area (Å²) in [6.45, 7) is 3.22. The summed E-state index contributed by atoms with van der Waals surface area (Å²) >= 11 is 0. The lowest BCUT2D eigenvalue weighted by Gasteiger charge is -2.20. The monoisotopic (exact) mass is 815 g/mol. The molecule has 0 rings (SSSR count). The van der Waals surface area contributed by atoms with Crippen LogP contribution in [0.2, 0.25) is 0 Å². The number of ether oxygens (including phenoxy) is 1. The molecule has 0 aromatic carbocycles. The first kappa shape index (κ1) is 58.4. The fraction of sp³-hybridized carbons (Fsp3) is 0.952. The number of hydrogen-bond donors (Lipinski definition) is 8. The van der Waals surface area contributed by atoms with Gasteiger partial charge in [0, 0.05) is 12.8 Å². The summed E-state index contributed by atoms with van der Waals surface area (Å²) in [6.07, 6.45) is 34.9. The highest BCUT2D eigenvalue weighted by molar-refractivity contribution is 7.45. The summed E-state index contributed by atoms with van der Waals surface area (Å²) in [6, 6.07) is 0. The first-order valence-electron chi connectivity index (χ1n) is 22.1. The maximum absolute atomic E-state index is 12.7. The second-order valence-electron chi connectivity index (χ2n) is 15.1. The van der Waals surface area contributed by atoms with E-state index in [-0.39, 0.29) is 31.8 Å². The van der Waals surface area contributed by atoms with E-state index >= 15 is 0 Å². The smallest absolute Gasteiger partial charge is 0.451 e. The van der Waals surface area contributed by atoms with Gasteiger partial charge >= 0.3 is 13.8 Å². The zero-order chi connectivity index (χ0) is 41.8. The molecule has 8 N–H and O–H groups in total. The minimum Gasteiger partial charge on any atom is -0.451 e. The molecule has 13 heteroatoms. The van der Waals surface area contributed by atoms with Gasteiger partial charge < -0.3 is 44.9 Å². The summed E-state index contributed by atoms with van der Waals surface area (Å²) in [4.78, 5) is 46.6. The van der Waals surface area contributed by atoms with Gasteiger partial charge in [0.25, 0.3) is 0 Å².